The number of hydrogen-bond acceptors (Lipinski definition) is 4. The van der Waals surface area contributed by atoms with Crippen LogP contribution in [-0.2, 0) is 0 Å². The van der Waals surface area contributed by atoms with Crippen molar-refractivity contribution >= 4 is 5.91 Å². The maximum Gasteiger partial charge on any atom is 0.253 e. The molecule has 0 saturated carbocycles. The van der Waals surface area contributed by atoms with Crippen LogP contribution in [0.15, 0.2) is 24.3 Å². The number of hydrogen-bond donors (Lipinski definition) is 1. The van der Waals surface area contributed by atoms with Crippen molar-refractivity contribution in [3.05, 3.63) is 29.8 Å². The van der Waals surface area contributed by atoms with Crippen LogP contribution in [0, 0.1) is 0 Å². The van der Waals surface area contributed by atoms with Gasteiger partial charge < -0.3 is 20.3 Å². The fourth-order valence-corrected chi connectivity index (χ4v) is 2.68. The van der Waals surface area contributed by atoms with E-state index in [1.54, 1.807) is 0 Å². The summed E-state index contributed by atoms with van der Waals surface area (Å²) in [4.78, 5) is 16.4. The summed E-state index contributed by atoms with van der Waals surface area (Å²) in [6.07, 6.45) is 0.887. The molecule has 1 aromatic carbocycles. The first kappa shape index (κ1) is 16.8. The molecule has 1 saturated heterocycles. The van der Waals surface area contributed by atoms with Gasteiger partial charge in [0.2, 0.25) is 0 Å². The maximum absolute atomic E-state index is 12.3. The topological polar surface area (TPSA) is 58.8 Å². The number of likely N-dealkylation sites (N-methyl/N-ethyl adjacent to an activating group) is 1. The Balaban J connectivity index is 1.83. The van der Waals surface area contributed by atoms with Crippen molar-refractivity contribution in [3.8, 4) is 5.75 Å². The van der Waals surface area contributed by atoms with Crippen LogP contribution in [0.1, 0.15) is 30.6 Å². The van der Waals surface area contributed by atoms with Gasteiger partial charge >= 0.3 is 0 Å². The standard InChI is InChI=1S/C17H27N3O2/c1-3-19(4-2)11-12-22-16-7-5-14(6-8-16)17(21)20-10-9-15(18)13-20/h5-8,15H,3-4,9-13,18H2,1-2H3/t15-/m1/s1. The summed E-state index contributed by atoms with van der Waals surface area (Å²) in [6, 6.07) is 7.51. The zero-order chi connectivity index (χ0) is 15.9. The Hall–Kier alpha value is -1.59. The number of rotatable bonds is 7. The number of carbonyl (C=O) groups is 1. The number of ether oxygens (including phenoxy) is 1. The zero-order valence-electron chi connectivity index (χ0n) is 13.6. The lowest BCUT2D eigenvalue weighted by Crippen LogP contribution is -2.31. The van der Waals surface area contributed by atoms with Crippen LogP contribution in [0.25, 0.3) is 0 Å². The van der Waals surface area contributed by atoms with E-state index in [0.29, 0.717) is 18.7 Å². The van der Waals surface area contributed by atoms with Gasteiger partial charge in [-0.05, 0) is 43.8 Å². The number of amides is 1. The third-order valence-corrected chi connectivity index (χ3v) is 4.18. The highest BCUT2D eigenvalue weighted by Gasteiger charge is 2.24. The Kier molecular flexibility index (Phi) is 6.21. The van der Waals surface area contributed by atoms with Crippen LogP contribution in [0.5, 0.6) is 5.75 Å². The van der Waals surface area contributed by atoms with Crippen molar-refractivity contribution in [1.82, 2.24) is 9.80 Å². The van der Waals surface area contributed by atoms with Gasteiger partial charge in [-0.2, -0.15) is 0 Å². The van der Waals surface area contributed by atoms with Gasteiger partial charge in [0, 0.05) is 31.2 Å². The van der Waals surface area contributed by atoms with Crippen molar-refractivity contribution in [2.24, 2.45) is 5.73 Å². The number of likely N-dealkylation sites (tertiary alicyclic amines) is 1. The summed E-state index contributed by atoms with van der Waals surface area (Å²) in [5.41, 5.74) is 6.55. The average molecular weight is 305 g/mol. The molecule has 0 aliphatic carbocycles. The summed E-state index contributed by atoms with van der Waals surface area (Å²) in [5.74, 6) is 0.865. The maximum atomic E-state index is 12.3. The van der Waals surface area contributed by atoms with E-state index in [4.69, 9.17) is 10.5 Å². The molecule has 1 aromatic rings. The normalized spacial score (nSPS) is 18.0. The molecular weight excluding hydrogens is 278 g/mol. The largest absolute Gasteiger partial charge is 0.492 e. The van der Waals surface area contributed by atoms with E-state index in [1.165, 1.54) is 0 Å². The molecule has 5 heteroatoms. The first-order valence-corrected chi connectivity index (χ1v) is 8.14. The summed E-state index contributed by atoms with van der Waals surface area (Å²) < 4.78 is 5.73. The van der Waals surface area contributed by atoms with E-state index in [1.807, 2.05) is 29.2 Å². The second-order valence-corrected chi connectivity index (χ2v) is 5.70. The van der Waals surface area contributed by atoms with Crippen LogP contribution in [0.4, 0.5) is 0 Å². The van der Waals surface area contributed by atoms with Gasteiger partial charge in [0.1, 0.15) is 12.4 Å². The molecule has 22 heavy (non-hydrogen) atoms. The second kappa shape index (κ2) is 8.15. The van der Waals surface area contributed by atoms with Crippen LogP contribution >= 0.6 is 0 Å². The minimum absolute atomic E-state index is 0.0580. The predicted molar refractivity (Wildman–Crippen MR) is 88.2 cm³/mol. The first-order valence-electron chi connectivity index (χ1n) is 8.14. The molecule has 2 rings (SSSR count). The molecule has 0 aromatic heterocycles. The van der Waals surface area contributed by atoms with Crippen LogP contribution < -0.4 is 10.5 Å². The third-order valence-electron chi connectivity index (χ3n) is 4.18. The van der Waals surface area contributed by atoms with Crippen molar-refractivity contribution in [2.75, 3.05) is 39.3 Å². The lowest BCUT2D eigenvalue weighted by atomic mass is 10.2. The van der Waals surface area contributed by atoms with Crippen LogP contribution in [0.2, 0.25) is 0 Å². The predicted octanol–water partition coefficient (Wildman–Crippen LogP) is 1.58. The number of nitrogens with two attached hydrogens (primary N) is 1. The van der Waals surface area contributed by atoms with Crippen molar-refractivity contribution in [2.45, 2.75) is 26.3 Å². The van der Waals surface area contributed by atoms with Gasteiger partial charge in [-0.25, -0.2) is 0 Å². The van der Waals surface area contributed by atoms with Gasteiger partial charge in [0.25, 0.3) is 5.91 Å². The molecule has 1 aliphatic rings. The Bertz CT molecular complexity index is 471. The monoisotopic (exact) mass is 305 g/mol. The molecular formula is C17H27N3O2. The second-order valence-electron chi connectivity index (χ2n) is 5.70. The fourth-order valence-electron chi connectivity index (χ4n) is 2.68. The van der Waals surface area contributed by atoms with Crippen molar-refractivity contribution in [3.63, 3.8) is 0 Å². The molecule has 2 N–H and O–H groups in total. The number of nitrogens with zero attached hydrogens (tertiary/aromatic N) is 2. The summed E-state index contributed by atoms with van der Waals surface area (Å²) in [5, 5.41) is 0. The molecule has 5 nitrogen and oxygen atoms in total. The SMILES string of the molecule is CCN(CC)CCOc1ccc(C(=O)N2CC[C@@H](N)C2)cc1. The van der Waals surface area contributed by atoms with Gasteiger partial charge in [-0.3, -0.25) is 4.79 Å². The van der Waals surface area contributed by atoms with E-state index >= 15 is 0 Å². The molecule has 1 heterocycles. The number of benzene rings is 1. The average Bonchev–Trinajstić information content (AvgIpc) is 2.98. The minimum Gasteiger partial charge on any atom is -0.492 e. The van der Waals surface area contributed by atoms with E-state index in [9.17, 15) is 4.79 Å². The van der Waals surface area contributed by atoms with E-state index in [2.05, 4.69) is 18.7 Å². The highest BCUT2D eigenvalue weighted by Crippen LogP contribution is 2.16. The Morgan fingerprint density at radius 3 is 2.55 bits per heavy atom. The molecule has 1 atom stereocenters. The summed E-state index contributed by atoms with van der Waals surface area (Å²) in [7, 11) is 0. The van der Waals surface area contributed by atoms with E-state index < -0.39 is 0 Å². The van der Waals surface area contributed by atoms with Crippen molar-refractivity contribution < 1.29 is 9.53 Å². The highest BCUT2D eigenvalue weighted by molar-refractivity contribution is 5.94. The third kappa shape index (κ3) is 4.45. The number of carbonyl (C=O) groups excluding carboxylic acids is 1. The molecule has 0 unspecified atom stereocenters. The van der Waals surface area contributed by atoms with E-state index in [-0.39, 0.29) is 11.9 Å². The quantitative estimate of drug-likeness (QED) is 0.831. The van der Waals surface area contributed by atoms with E-state index in [0.717, 1.165) is 38.3 Å². The van der Waals surface area contributed by atoms with Gasteiger partial charge in [-0.15, -0.1) is 0 Å². The van der Waals surface area contributed by atoms with Gasteiger partial charge in [0.15, 0.2) is 0 Å². The van der Waals surface area contributed by atoms with Gasteiger partial charge in [-0.1, -0.05) is 13.8 Å². The lowest BCUT2D eigenvalue weighted by Gasteiger charge is -2.18. The molecule has 0 bridgehead atoms. The Morgan fingerprint density at radius 2 is 2.00 bits per heavy atom. The molecule has 122 valence electrons. The molecule has 1 aliphatic heterocycles. The van der Waals surface area contributed by atoms with Crippen LogP contribution in [-0.4, -0.2) is 61.1 Å². The Labute approximate surface area is 133 Å². The Morgan fingerprint density at radius 1 is 1.32 bits per heavy atom. The van der Waals surface area contributed by atoms with Gasteiger partial charge in [0.05, 0.1) is 0 Å². The molecule has 0 spiro atoms. The minimum atomic E-state index is 0.0580. The summed E-state index contributed by atoms with van der Waals surface area (Å²) in [6.45, 7) is 9.34. The lowest BCUT2D eigenvalue weighted by molar-refractivity contribution is 0.0791. The molecule has 0 radical (unpaired) electrons. The molecule has 1 fully saturated rings. The van der Waals surface area contributed by atoms with Crippen molar-refractivity contribution in [1.29, 1.82) is 0 Å². The molecule has 1 amide bonds. The fraction of sp³-hybridized carbons (Fsp3) is 0.588. The summed E-state index contributed by atoms with van der Waals surface area (Å²) >= 11 is 0. The first-order chi connectivity index (χ1) is 10.6. The highest BCUT2D eigenvalue weighted by atomic mass is 16.5. The van der Waals surface area contributed by atoms with Crippen LogP contribution in [0.3, 0.4) is 0 Å². The smallest absolute Gasteiger partial charge is 0.253 e. The zero-order valence-corrected chi connectivity index (χ0v) is 13.6.